The quantitative estimate of drug-likeness (QED) is 0.0169. The molecular formula is C93H150O17P2. The number of aliphatic hydroxyl groups excluding tert-OH is 1. The summed E-state index contributed by atoms with van der Waals surface area (Å²) in [6.07, 6.45) is 103. The Balaban J connectivity index is 5.51. The molecule has 3 N–H and O–H groups in total. The monoisotopic (exact) mass is 1600 g/mol. The van der Waals surface area contributed by atoms with E-state index in [0.29, 0.717) is 32.1 Å². The number of hydrogen-bond acceptors (Lipinski definition) is 15. The second-order valence-corrected chi connectivity index (χ2v) is 30.5. The number of phosphoric ester groups is 2. The van der Waals surface area contributed by atoms with Crippen molar-refractivity contribution in [2.45, 2.75) is 329 Å². The lowest BCUT2D eigenvalue weighted by Crippen LogP contribution is -2.30. The number of aliphatic hydroxyl groups is 1. The van der Waals surface area contributed by atoms with Crippen molar-refractivity contribution in [3.05, 3.63) is 194 Å². The Morgan fingerprint density at radius 3 is 0.768 bits per heavy atom. The van der Waals surface area contributed by atoms with Crippen LogP contribution in [0.15, 0.2) is 194 Å². The lowest BCUT2D eigenvalue weighted by molar-refractivity contribution is -0.161. The zero-order valence-electron chi connectivity index (χ0n) is 69.5. The van der Waals surface area contributed by atoms with Crippen LogP contribution in [-0.4, -0.2) is 96.7 Å². The van der Waals surface area contributed by atoms with Crippen LogP contribution in [0.2, 0.25) is 0 Å². The fraction of sp³-hybridized carbons (Fsp3) is 0.613. The summed E-state index contributed by atoms with van der Waals surface area (Å²) in [5, 5.41) is 10.7. The molecule has 112 heavy (non-hydrogen) atoms. The van der Waals surface area contributed by atoms with Gasteiger partial charge in [-0.3, -0.25) is 37.3 Å². The number of unbranched alkanes of at least 4 members (excludes halogenated alkanes) is 20. The van der Waals surface area contributed by atoms with Crippen molar-refractivity contribution in [2.75, 3.05) is 39.6 Å². The molecule has 17 nitrogen and oxygen atoms in total. The largest absolute Gasteiger partial charge is 0.472 e. The molecule has 0 fully saturated rings. The second-order valence-electron chi connectivity index (χ2n) is 27.6. The highest BCUT2D eigenvalue weighted by molar-refractivity contribution is 7.47. The second kappa shape index (κ2) is 82.9. The molecule has 0 aromatic heterocycles. The van der Waals surface area contributed by atoms with E-state index < -0.39 is 97.5 Å². The SMILES string of the molecule is CC/C=C\C/C=C\C/C=C\C/C=C\C/C=C\C/C=C\CCC(=O)OCC(COP(=O)(O)OCC(O)COP(=O)(O)OCC(COC(=O)CCCCCCCC/C=C\C/C=C\C/C=C\CCCCC)OC(=O)CCCCCCCCC/C=C\C/C=C\C/C=C\CC)OC(=O)CCCCCC/C=C\C/C=C\C/C=C\C/C=C\CC. The van der Waals surface area contributed by atoms with Crippen LogP contribution in [0.1, 0.15) is 310 Å². The Morgan fingerprint density at radius 1 is 0.259 bits per heavy atom. The normalized spacial score (nSPS) is 14.7. The van der Waals surface area contributed by atoms with Crippen LogP contribution >= 0.6 is 15.6 Å². The van der Waals surface area contributed by atoms with Crippen LogP contribution in [0.25, 0.3) is 0 Å². The summed E-state index contributed by atoms with van der Waals surface area (Å²) in [7, 11) is -10.0. The molecule has 0 spiro atoms. The fourth-order valence-electron chi connectivity index (χ4n) is 10.7. The smallest absolute Gasteiger partial charge is 0.462 e. The molecule has 5 atom stereocenters. The van der Waals surface area contributed by atoms with Crippen molar-refractivity contribution in [3.8, 4) is 0 Å². The van der Waals surface area contributed by atoms with Crippen molar-refractivity contribution >= 4 is 39.5 Å². The van der Waals surface area contributed by atoms with Gasteiger partial charge in [0.2, 0.25) is 0 Å². The molecule has 634 valence electrons. The first-order chi connectivity index (χ1) is 54.7. The number of ether oxygens (including phenoxy) is 4. The van der Waals surface area contributed by atoms with Crippen LogP contribution in [0.3, 0.4) is 0 Å². The predicted molar refractivity (Wildman–Crippen MR) is 463 cm³/mol. The Kier molecular flexibility index (Phi) is 78.4. The van der Waals surface area contributed by atoms with E-state index >= 15 is 0 Å². The molecule has 0 aromatic carbocycles. The third kappa shape index (κ3) is 81.9. The summed E-state index contributed by atoms with van der Waals surface area (Å²) in [4.78, 5) is 73.3. The highest BCUT2D eigenvalue weighted by atomic mass is 31.2. The van der Waals surface area contributed by atoms with E-state index in [1.54, 1.807) is 0 Å². The number of carbonyl (C=O) groups excluding carboxylic acids is 4. The van der Waals surface area contributed by atoms with Crippen molar-refractivity contribution in [1.29, 1.82) is 0 Å². The van der Waals surface area contributed by atoms with E-state index in [9.17, 15) is 43.2 Å². The van der Waals surface area contributed by atoms with E-state index in [-0.39, 0.29) is 25.7 Å². The molecule has 0 aliphatic rings. The fourth-order valence-corrected chi connectivity index (χ4v) is 12.2. The number of rotatable bonds is 78. The van der Waals surface area contributed by atoms with Crippen molar-refractivity contribution < 1.29 is 80.2 Å². The van der Waals surface area contributed by atoms with Crippen LogP contribution in [0.4, 0.5) is 0 Å². The molecule has 0 aliphatic heterocycles. The molecule has 5 unspecified atom stereocenters. The van der Waals surface area contributed by atoms with Gasteiger partial charge in [-0.05, 0) is 173 Å². The maximum absolute atomic E-state index is 13.2. The van der Waals surface area contributed by atoms with Gasteiger partial charge < -0.3 is 33.8 Å². The predicted octanol–water partition coefficient (Wildman–Crippen LogP) is 25.7. The van der Waals surface area contributed by atoms with Crippen LogP contribution in [0.5, 0.6) is 0 Å². The molecule has 0 saturated heterocycles. The molecule has 19 heteroatoms. The first kappa shape index (κ1) is 106. The molecule has 0 saturated carbocycles. The first-order valence-electron chi connectivity index (χ1n) is 42.7. The molecule has 0 aromatic rings. The van der Waals surface area contributed by atoms with Crippen molar-refractivity contribution in [1.82, 2.24) is 0 Å². The molecule has 0 aliphatic carbocycles. The number of esters is 4. The van der Waals surface area contributed by atoms with Gasteiger partial charge in [0.05, 0.1) is 26.4 Å². The Hall–Kier alpha value is -6.10. The highest BCUT2D eigenvalue weighted by Gasteiger charge is 2.30. The van der Waals surface area contributed by atoms with Gasteiger partial charge in [0.1, 0.15) is 19.3 Å². The average Bonchev–Trinajstić information content (AvgIpc) is 0.895. The summed E-state index contributed by atoms with van der Waals surface area (Å²) in [5.74, 6) is -2.34. The molecule has 0 heterocycles. The van der Waals surface area contributed by atoms with E-state index in [1.165, 1.54) is 19.3 Å². The summed E-state index contributed by atoms with van der Waals surface area (Å²) < 4.78 is 68.7. The van der Waals surface area contributed by atoms with Gasteiger partial charge in [-0.2, -0.15) is 0 Å². The van der Waals surface area contributed by atoms with Gasteiger partial charge in [0, 0.05) is 25.7 Å². The molecule has 0 rings (SSSR count). The number of carbonyl (C=O) groups is 4. The summed E-state index contributed by atoms with van der Waals surface area (Å²) in [6.45, 7) is 4.37. The molecule has 0 bridgehead atoms. The maximum atomic E-state index is 13.2. The zero-order chi connectivity index (χ0) is 81.7. The third-order valence-corrected chi connectivity index (χ3v) is 18.9. The van der Waals surface area contributed by atoms with Gasteiger partial charge in [-0.15, -0.1) is 0 Å². The van der Waals surface area contributed by atoms with E-state index in [2.05, 4.69) is 204 Å². The topological polar surface area (TPSA) is 237 Å². The van der Waals surface area contributed by atoms with Crippen LogP contribution in [0, 0.1) is 0 Å². The molecular weight excluding hydrogens is 1450 g/mol. The lowest BCUT2D eigenvalue weighted by atomic mass is 10.1. The van der Waals surface area contributed by atoms with E-state index in [1.807, 2.05) is 18.2 Å². The van der Waals surface area contributed by atoms with E-state index in [0.717, 1.165) is 205 Å². The number of hydrogen-bond donors (Lipinski definition) is 3. The van der Waals surface area contributed by atoms with Gasteiger partial charge >= 0.3 is 39.5 Å². The third-order valence-electron chi connectivity index (χ3n) is 17.0. The standard InChI is InChI=1S/C93H150O17P2/c1-5-9-13-17-21-25-29-33-37-41-43-47-49-53-57-61-65-69-73-77-90(95)103-83-88(109-92(97)79-75-71-67-63-59-55-51-45-39-35-31-27-23-19-15-11-7-3)85-107-111(99,100)105-81-87(94)82-106-112(101,102)108-86-89(110-93(98)80-76-72-68-64-60-56-52-46-40-36-32-28-24-20-16-12-8-4)84-104-91(96)78-74-70-66-62-58-54-50-48-44-42-38-34-30-26-22-18-14-10-6-2/h9,11-13,15-16,21-28,33-40,43-44,47-48,51,53,55,57,65,69,87-89,94H,5-8,10,14,17-20,29-32,41-42,45-46,49-50,52,54,56,58-64,66-68,70-86H2,1-4H3,(H,99,100)(H,101,102)/b13-9-,15-11-,16-12-,25-21-,26-22-,27-23-,28-24-,37-33-,38-34-,39-35-,40-36-,47-43-,48-44-,55-51-,57-53-,69-65-. The number of allylic oxidation sites excluding steroid dienone is 32. The van der Waals surface area contributed by atoms with Gasteiger partial charge in [0.25, 0.3) is 0 Å². The van der Waals surface area contributed by atoms with Gasteiger partial charge in [-0.1, -0.05) is 306 Å². The minimum atomic E-state index is -5.02. The Labute approximate surface area is 678 Å². The minimum Gasteiger partial charge on any atom is -0.462 e. The van der Waals surface area contributed by atoms with Gasteiger partial charge in [0.15, 0.2) is 12.2 Å². The lowest BCUT2D eigenvalue weighted by Gasteiger charge is -2.21. The molecule has 0 amide bonds. The van der Waals surface area contributed by atoms with Crippen molar-refractivity contribution in [2.24, 2.45) is 0 Å². The van der Waals surface area contributed by atoms with E-state index in [4.69, 9.17) is 37.0 Å². The van der Waals surface area contributed by atoms with Crippen LogP contribution in [-0.2, 0) is 65.4 Å². The highest BCUT2D eigenvalue weighted by Crippen LogP contribution is 2.45. The Bertz CT molecular complexity index is 2890. The average molecular weight is 1600 g/mol. The molecule has 0 radical (unpaired) electrons. The zero-order valence-corrected chi connectivity index (χ0v) is 71.3. The first-order valence-corrected chi connectivity index (χ1v) is 45.7. The summed E-state index contributed by atoms with van der Waals surface area (Å²) in [6, 6.07) is 0. The summed E-state index contributed by atoms with van der Waals surface area (Å²) in [5.41, 5.74) is 0. The van der Waals surface area contributed by atoms with Crippen molar-refractivity contribution in [3.63, 3.8) is 0 Å². The number of phosphoric acid groups is 2. The minimum absolute atomic E-state index is 0.0228. The summed E-state index contributed by atoms with van der Waals surface area (Å²) >= 11 is 0. The van der Waals surface area contributed by atoms with Crippen LogP contribution < -0.4 is 0 Å². The van der Waals surface area contributed by atoms with Gasteiger partial charge in [-0.25, -0.2) is 9.13 Å². The maximum Gasteiger partial charge on any atom is 0.472 e. The Morgan fingerprint density at radius 2 is 0.482 bits per heavy atom.